The second kappa shape index (κ2) is 4.09. The Morgan fingerprint density at radius 2 is 2.15 bits per heavy atom. The Balaban J connectivity index is 2.57. The smallest absolute Gasteiger partial charge is 0.227 e. The van der Waals surface area contributed by atoms with Crippen LogP contribution in [0.1, 0.15) is 13.8 Å². The van der Waals surface area contributed by atoms with Crippen molar-refractivity contribution in [3.8, 4) is 0 Å². The second-order valence-corrected chi connectivity index (χ2v) is 4.16. The molecular weight excluding hydrogens is 164 g/mol. The lowest BCUT2D eigenvalue weighted by Crippen LogP contribution is -2.35. The summed E-state index contributed by atoms with van der Waals surface area (Å²) >= 11 is 0. The summed E-state index contributed by atoms with van der Waals surface area (Å²) in [5, 5.41) is 0. The molecule has 0 N–H and O–H groups in total. The molecule has 1 aliphatic rings. The lowest BCUT2D eigenvalue weighted by atomic mass is 9.97. The van der Waals surface area contributed by atoms with Gasteiger partial charge in [0, 0.05) is 26.7 Å². The first-order valence-electron chi connectivity index (χ1n) is 4.99. The van der Waals surface area contributed by atoms with Crippen LogP contribution in [-0.4, -0.2) is 49.4 Å². The molecule has 3 nitrogen and oxygen atoms in total. The lowest BCUT2D eigenvalue weighted by Gasteiger charge is -2.21. The molecule has 76 valence electrons. The Labute approximate surface area is 80.7 Å². The second-order valence-electron chi connectivity index (χ2n) is 4.16. The summed E-state index contributed by atoms with van der Waals surface area (Å²) in [6, 6.07) is 0. The summed E-state index contributed by atoms with van der Waals surface area (Å²) in [6.07, 6.45) is 0. The molecule has 1 aliphatic heterocycles. The summed E-state index contributed by atoms with van der Waals surface area (Å²) in [7, 11) is 3.96. The van der Waals surface area contributed by atoms with E-state index in [4.69, 9.17) is 0 Å². The fraction of sp³-hybridized carbons (Fsp3) is 0.900. The Bertz CT molecular complexity index is 193. The van der Waals surface area contributed by atoms with E-state index in [1.165, 1.54) is 0 Å². The quantitative estimate of drug-likeness (QED) is 0.629. The van der Waals surface area contributed by atoms with Crippen LogP contribution in [0.2, 0.25) is 0 Å². The number of hydrogen-bond acceptors (Lipinski definition) is 2. The molecule has 1 amide bonds. The van der Waals surface area contributed by atoms with Gasteiger partial charge >= 0.3 is 0 Å². The van der Waals surface area contributed by atoms with Crippen molar-refractivity contribution in [1.82, 2.24) is 9.80 Å². The third kappa shape index (κ3) is 2.21. The maximum Gasteiger partial charge on any atom is 0.227 e. The first kappa shape index (κ1) is 10.5. The standard InChI is InChI=1S/C10H20N2O/c1-5-12(4)10(13)9-7-11(3)6-8(9)2/h8-9H,5-7H2,1-4H3. The first-order valence-corrected chi connectivity index (χ1v) is 4.99. The van der Waals surface area contributed by atoms with Crippen LogP contribution in [0.4, 0.5) is 0 Å². The van der Waals surface area contributed by atoms with Crippen LogP contribution in [0.3, 0.4) is 0 Å². The Hall–Kier alpha value is -0.570. The zero-order valence-electron chi connectivity index (χ0n) is 9.08. The van der Waals surface area contributed by atoms with Gasteiger partial charge in [0.05, 0.1) is 5.92 Å². The average Bonchev–Trinajstić information content (AvgIpc) is 2.42. The summed E-state index contributed by atoms with van der Waals surface area (Å²) in [6.45, 7) is 6.96. The summed E-state index contributed by atoms with van der Waals surface area (Å²) in [5.74, 6) is 1.03. The Kier molecular flexibility index (Phi) is 3.31. The molecule has 2 unspecified atom stereocenters. The molecule has 0 bridgehead atoms. The van der Waals surface area contributed by atoms with Gasteiger partial charge in [0.1, 0.15) is 0 Å². The van der Waals surface area contributed by atoms with Gasteiger partial charge in [-0.1, -0.05) is 6.92 Å². The fourth-order valence-electron chi connectivity index (χ4n) is 1.97. The third-order valence-corrected chi connectivity index (χ3v) is 2.96. The highest BCUT2D eigenvalue weighted by Crippen LogP contribution is 2.22. The van der Waals surface area contributed by atoms with Crippen LogP contribution in [0, 0.1) is 11.8 Å². The van der Waals surface area contributed by atoms with E-state index in [0.717, 1.165) is 19.6 Å². The highest BCUT2D eigenvalue weighted by Gasteiger charge is 2.33. The van der Waals surface area contributed by atoms with E-state index >= 15 is 0 Å². The number of carbonyl (C=O) groups excluding carboxylic acids is 1. The predicted octanol–water partition coefficient (Wildman–Crippen LogP) is 0.662. The zero-order chi connectivity index (χ0) is 10.0. The minimum Gasteiger partial charge on any atom is -0.346 e. The van der Waals surface area contributed by atoms with Crippen molar-refractivity contribution in [2.45, 2.75) is 13.8 Å². The average molecular weight is 184 g/mol. The van der Waals surface area contributed by atoms with Crippen molar-refractivity contribution in [1.29, 1.82) is 0 Å². The van der Waals surface area contributed by atoms with Crippen molar-refractivity contribution in [3.05, 3.63) is 0 Å². The number of amides is 1. The van der Waals surface area contributed by atoms with Crippen molar-refractivity contribution in [2.24, 2.45) is 11.8 Å². The number of likely N-dealkylation sites (tertiary alicyclic amines) is 1. The molecule has 0 aromatic heterocycles. The SMILES string of the molecule is CCN(C)C(=O)C1CN(C)CC1C. The number of carbonyl (C=O) groups is 1. The molecule has 1 saturated heterocycles. The van der Waals surface area contributed by atoms with Crippen molar-refractivity contribution in [2.75, 3.05) is 33.7 Å². The minimum atomic E-state index is 0.218. The van der Waals surface area contributed by atoms with E-state index in [0.29, 0.717) is 11.8 Å². The van der Waals surface area contributed by atoms with Gasteiger partial charge in [0.2, 0.25) is 5.91 Å². The number of hydrogen-bond donors (Lipinski definition) is 0. The molecule has 0 spiro atoms. The molecule has 0 aliphatic carbocycles. The van der Waals surface area contributed by atoms with E-state index < -0.39 is 0 Å². The molecule has 0 aromatic carbocycles. The molecule has 0 radical (unpaired) electrons. The van der Waals surface area contributed by atoms with Crippen LogP contribution in [0.5, 0.6) is 0 Å². The number of nitrogens with zero attached hydrogens (tertiary/aromatic N) is 2. The molecular formula is C10H20N2O. The van der Waals surface area contributed by atoms with Gasteiger partial charge in [-0.2, -0.15) is 0 Å². The molecule has 0 saturated carbocycles. The first-order chi connectivity index (χ1) is 6.06. The van der Waals surface area contributed by atoms with Crippen LogP contribution >= 0.6 is 0 Å². The monoisotopic (exact) mass is 184 g/mol. The molecule has 1 rings (SSSR count). The topological polar surface area (TPSA) is 23.6 Å². The van der Waals surface area contributed by atoms with Gasteiger partial charge in [0.25, 0.3) is 0 Å². The van der Waals surface area contributed by atoms with Crippen LogP contribution in [0.15, 0.2) is 0 Å². The van der Waals surface area contributed by atoms with Gasteiger partial charge < -0.3 is 9.80 Å². The summed E-state index contributed by atoms with van der Waals surface area (Å²) < 4.78 is 0. The van der Waals surface area contributed by atoms with E-state index in [1.807, 2.05) is 18.9 Å². The molecule has 13 heavy (non-hydrogen) atoms. The largest absolute Gasteiger partial charge is 0.346 e. The Morgan fingerprint density at radius 3 is 2.54 bits per heavy atom. The van der Waals surface area contributed by atoms with Gasteiger partial charge in [-0.05, 0) is 19.9 Å². The lowest BCUT2D eigenvalue weighted by molar-refractivity contribution is -0.134. The Morgan fingerprint density at radius 1 is 1.54 bits per heavy atom. The van der Waals surface area contributed by atoms with Crippen molar-refractivity contribution in [3.63, 3.8) is 0 Å². The molecule has 1 fully saturated rings. The van der Waals surface area contributed by atoms with Crippen LogP contribution < -0.4 is 0 Å². The number of rotatable bonds is 2. The molecule has 0 aromatic rings. The third-order valence-electron chi connectivity index (χ3n) is 2.96. The van der Waals surface area contributed by atoms with Gasteiger partial charge in [-0.3, -0.25) is 4.79 Å². The summed E-state index contributed by atoms with van der Waals surface area (Å²) in [4.78, 5) is 15.9. The highest BCUT2D eigenvalue weighted by atomic mass is 16.2. The van der Waals surface area contributed by atoms with Gasteiger partial charge in [0.15, 0.2) is 0 Å². The molecule has 2 atom stereocenters. The zero-order valence-corrected chi connectivity index (χ0v) is 9.08. The maximum atomic E-state index is 11.8. The highest BCUT2D eigenvalue weighted by molar-refractivity contribution is 5.79. The van der Waals surface area contributed by atoms with E-state index in [9.17, 15) is 4.79 Å². The summed E-state index contributed by atoms with van der Waals surface area (Å²) in [5.41, 5.74) is 0. The van der Waals surface area contributed by atoms with Crippen LogP contribution in [0.25, 0.3) is 0 Å². The van der Waals surface area contributed by atoms with E-state index in [-0.39, 0.29) is 5.92 Å². The predicted molar refractivity (Wildman–Crippen MR) is 53.5 cm³/mol. The van der Waals surface area contributed by atoms with Crippen LogP contribution in [-0.2, 0) is 4.79 Å². The van der Waals surface area contributed by atoms with Crippen molar-refractivity contribution >= 4 is 5.91 Å². The minimum absolute atomic E-state index is 0.218. The molecule has 1 heterocycles. The normalized spacial score (nSPS) is 29.2. The molecule has 3 heteroatoms. The van der Waals surface area contributed by atoms with E-state index in [2.05, 4.69) is 18.9 Å². The van der Waals surface area contributed by atoms with Gasteiger partial charge in [-0.25, -0.2) is 0 Å². The van der Waals surface area contributed by atoms with E-state index in [1.54, 1.807) is 0 Å². The maximum absolute atomic E-state index is 11.8. The fourth-order valence-corrected chi connectivity index (χ4v) is 1.97. The van der Waals surface area contributed by atoms with Crippen molar-refractivity contribution < 1.29 is 4.79 Å². The van der Waals surface area contributed by atoms with Gasteiger partial charge in [-0.15, -0.1) is 0 Å².